The van der Waals surface area contributed by atoms with Crippen LogP contribution in [0.5, 0.6) is 5.75 Å². The summed E-state index contributed by atoms with van der Waals surface area (Å²) < 4.78 is 5.29. The number of amides is 1. The zero-order valence-electron chi connectivity index (χ0n) is 20.6. The minimum atomic E-state index is -0.782. The molecule has 5 nitrogen and oxygen atoms in total. The number of rotatable bonds is 4. The van der Waals surface area contributed by atoms with Gasteiger partial charge in [0.25, 0.3) is 11.7 Å². The molecule has 0 bridgehead atoms. The van der Waals surface area contributed by atoms with Crippen LogP contribution in [-0.4, -0.2) is 23.9 Å². The quantitative estimate of drug-likeness (QED) is 0.206. The van der Waals surface area contributed by atoms with Crippen LogP contribution in [-0.2, 0) is 22.4 Å². The third-order valence-electron chi connectivity index (χ3n) is 7.53. The van der Waals surface area contributed by atoms with Crippen molar-refractivity contribution in [1.29, 1.82) is 0 Å². The number of nitrogens with zero attached hydrogens (tertiary/aromatic N) is 1. The van der Waals surface area contributed by atoms with Gasteiger partial charge in [-0.2, -0.15) is 0 Å². The zero-order valence-corrected chi connectivity index (χ0v) is 20.6. The number of aryl methyl sites for hydroxylation is 2. The maximum Gasteiger partial charge on any atom is 0.300 e. The Morgan fingerprint density at radius 2 is 1.59 bits per heavy atom. The van der Waals surface area contributed by atoms with E-state index in [1.807, 2.05) is 60.7 Å². The van der Waals surface area contributed by atoms with Crippen LogP contribution in [0.15, 0.2) is 90.5 Å². The average Bonchev–Trinajstić information content (AvgIpc) is 3.21. The molecule has 0 saturated carbocycles. The van der Waals surface area contributed by atoms with Gasteiger partial charge in [-0.15, -0.1) is 0 Å². The summed E-state index contributed by atoms with van der Waals surface area (Å²) >= 11 is 0. The summed E-state index contributed by atoms with van der Waals surface area (Å²) in [6.45, 7) is 0. The van der Waals surface area contributed by atoms with Crippen LogP contribution in [0.4, 0.5) is 5.69 Å². The van der Waals surface area contributed by atoms with Crippen LogP contribution in [0.3, 0.4) is 0 Å². The fourth-order valence-electron chi connectivity index (χ4n) is 5.66. The van der Waals surface area contributed by atoms with E-state index < -0.39 is 17.7 Å². The summed E-state index contributed by atoms with van der Waals surface area (Å²) in [5, 5.41) is 13.5. The standard InChI is InChI=1S/C32H27NO4/c1-37-25-17-15-24(16-18-25)33-29(27-12-6-10-21-8-4-5-11-26(21)27)28(31(35)32(33)36)30(34)23-14-13-20-7-2-3-9-22(20)19-23/h4-6,8,10-19,29,34H,2-3,7,9H2,1H3/b30-28-. The Labute approximate surface area is 215 Å². The fourth-order valence-corrected chi connectivity index (χ4v) is 5.66. The molecule has 1 saturated heterocycles. The number of Topliss-reactive ketones (excluding diaryl/α,β-unsaturated/α-hetero) is 1. The van der Waals surface area contributed by atoms with Crippen LogP contribution >= 0.6 is 0 Å². The predicted molar refractivity (Wildman–Crippen MR) is 145 cm³/mol. The second kappa shape index (κ2) is 9.25. The smallest absolute Gasteiger partial charge is 0.300 e. The second-order valence-electron chi connectivity index (χ2n) is 9.63. The Balaban J connectivity index is 1.58. The minimum absolute atomic E-state index is 0.105. The summed E-state index contributed by atoms with van der Waals surface area (Å²) in [5.41, 5.74) is 4.50. The molecule has 1 N–H and O–H groups in total. The van der Waals surface area contributed by atoms with Gasteiger partial charge in [0.05, 0.1) is 18.7 Å². The van der Waals surface area contributed by atoms with Crippen LogP contribution in [0.2, 0.25) is 0 Å². The van der Waals surface area contributed by atoms with Gasteiger partial charge >= 0.3 is 0 Å². The number of hydrogen-bond donors (Lipinski definition) is 1. The van der Waals surface area contributed by atoms with Crippen molar-refractivity contribution < 1.29 is 19.4 Å². The second-order valence-corrected chi connectivity index (χ2v) is 9.63. The number of ether oxygens (including phenoxy) is 1. The molecule has 1 amide bonds. The van der Waals surface area contributed by atoms with E-state index in [2.05, 4.69) is 0 Å². The van der Waals surface area contributed by atoms with Gasteiger partial charge in [-0.3, -0.25) is 14.5 Å². The number of fused-ring (bicyclic) bond motifs is 2. The van der Waals surface area contributed by atoms with E-state index in [1.54, 1.807) is 31.4 Å². The molecule has 0 spiro atoms. The van der Waals surface area contributed by atoms with Crippen molar-refractivity contribution in [3.63, 3.8) is 0 Å². The number of hydrogen-bond acceptors (Lipinski definition) is 4. The molecule has 4 aromatic rings. The maximum atomic E-state index is 13.6. The van der Waals surface area contributed by atoms with E-state index in [1.165, 1.54) is 16.0 Å². The molecule has 1 atom stereocenters. The largest absolute Gasteiger partial charge is 0.507 e. The first kappa shape index (κ1) is 23.0. The van der Waals surface area contributed by atoms with E-state index in [4.69, 9.17) is 4.74 Å². The lowest BCUT2D eigenvalue weighted by Crippen LogP contribution is -2.29. The third-order valence-corrected chi connectivity index (χ3v) is 7.53. The molecule has 1 aliphatic carbocycles. The van der Waals surface area contributed by atoms with E-state index in [-0.39, 0.29) is 11.3 Å². The lowest BCUT2D eigenvalue weighted by atomic mass is 9.88. The molecule has 37 heavy (non-hydrogen) atoms. The topological polar surface area (TPSA) is 66.8 Å². The number of methoxy groups -OCH3 is 1. The van der Waals surface area contributed by atoms with Crippen molar-refractivity contribution in [2.75, 3.05) is 12.0 Å². The highest BCUT2D eigenvalue weighted by Crippen LogP contribution is 2.44. The van der Waals surface area contributed by atoms with Gasteiger partial charge in [0.1, 0.15) is 11.5 Å². The number of anilines is 1. The van der Waals surface area contributed by atoms with Gasteiger partial charge < -0.3 is 9.84 Å². The predicted octanol–water partition coefficient (Wildman–Crippen LogP) is 6.35. The molecule has 1 fully saturated rings. The Kier molecular flexibility index (Phi) is 5.76. The molecular weight excluding hydrogens is 462 g/mol. The fraction of sp³-hybridized carbons (Fsp3) is 0.188. The van der Waals surface area contributed by atoms with Crippen molar-refractivity contribution >= 4 is 33.9 Å². The monoisotopic (exact) mass is 489 g/mol. The molecule has 0 aromatic heterocycles. The summed E-state index contributed by atoms with van der Waals surface area (Å²) in [7, 11) is 1.58. The van der Waals surface area contributed by atoms with Gasteiger partial charge in [0, 0.05) is 11.3 Å². The first-order chi connectivity index (χ1) is 18.1. The van der Waals surface area contributed by atoms with Crippen LogP contribution < -0.4 is 9.64 Å². The first-order valence-electron chi connectivity index (χ1n) is 12.6. The maximum absolute atomic E-state index is 13.6. The lowest BCUT2D eigenvalue weighted by Gasteiger charge is -2.26. The van der Waals surface area contributed by atoms with Crippen LogP contribution in [0.1, 0.15) is 41.1 Å². The van der Waals surface area contributed by atoms with Gasteiger partial charge in [0.2, 0.25) is 0 Å². The zero-order chi connectivity index (χ0) is 25.5. The third kappa shape index (κ3) is 3.87. The average molecular weight is 490 g/mol. The highest BCUT2D eigenvalue weighted by atomic mass is 16.5. The molecule has 6 rings (SSSR count). The van der Waals surface area contributed by atoms with Gasteiger partial charge in [-0.25, -0.2) is 0 Å². The summed E-state index contributed by atoms with van der Waals surface area (Å²) in [4.78, 5) is 28.7. The van der Waals surface area contributed by atoms with E-state index in [0.29, 0.717) is 17.0 Å². The molecule has 184 valence electrons. The molecule has 1 unspecified atom stereocenters. The number of benzene rings is 4. The van der Waals surface area contributed by atoms with Crippen molar-refractivity contribution in [1.82, 2.24) is 0 Å². The number of carbonyl (C=O) groups is 2. The van der Waals surface area contributed by atoms with Crippen LogP contribution in [0, 0.1) is 0 Å². The number of aliphatic hydroxyl groups excluding tert-OH is 1. The number of ketones is 1. The van der Waals surface area contributed by atoms with Crippen molar-refractivity contribution in [2.45, 2.75) is 31.7 Å². The molecule has 4 aromatic carbocycles. The Morgan fingerprint density at radius 3 is 2.38 bits per heavy atom. The molecular formula is C32H27NO4. The van der Waals surface area contributed by atoms with Gasteiger partial charge in [0.15, 0.2) is 0 Å². The van der Waals surface area contributed by atoms with Crippen LogP contribution in [0.25, 0.3) is 16.5 Å². The molecule has 0 radical (unpaired) electrons. The first-order valence-corrected chi connectivity index (χ1v) is 12.6. The molecule has 1 heterocycles. The Bertz CT molecular complexity index is 1560. The number of aliphatic hydroxyl groups is 1. The SMILES string of the molecule is COc1ccc(N2C(=O)C(=O)/C(=C(\O)c3ccc4c(c3)CCCC4)C2c2cccc3ccccc23)cc1. The van der Waals surface area contributed by atoms with Crippen molar-refractivity contribution in [3.8, 4) is 5.75 Å². The van der Waals surface area contributed by atoms with Gasteiger partial charge in [-0.1, -0.05) is 54.6 Å². The number of carbonyl (C=O) groups excluding carboxylic acids is 2. The van der Waals surface area contributed by atoms with Gasteiger partial charge in [-0.05, 0) is 83.5 Å². The molecule has 2 aliphatic rings. The molecule has 5 heteroatoms. The normalized spacial score (nSPS) is 18.7. The van der Waals surface area contributed by atoms with E-state index >= 15 is 0 Å². The van der Waals surface area contributed by atoms with E-state index in [9.17, 15) is 14.7 Å². The Morgan fingerprint density at radius 1 is 0.865 bits per heavy atom. The summed E-state index contributed by atoms with van der Waals surface area (Å²) in [5.74, 6) is -0.844. The summed E-state index contributed by atoms with van der Waals surface area (Å²) in [6, 6.07) is 25.9. The highest BCUT2D eigenvalue weighted by molar-refractivity contribution is 6.51. The lowest BCUT2D eigenvalue weighted by molar-refractivity contribution is -0.132. The highest BCUT2D eigenvalue weighted by Gasteiger charge is 2.47. The minimum Gasteiger partial charge on any atom is -0.507 e. The molecule has 1 aliphatic heterocycles. The van der Waals surface area contributed by atoms with Crippen molar-refractivity contribution in [2.24, 2.45) is 0 Å². The van der Waals surface area contributed by atoms with E-state index in [0.717, 1.165) is 42.0 Å². The Hall–Kier alpha value is -4.38. The summed E-state index contributed by atoms with van der Waals surface area (Å²) in [6.07, 6.45) is 4.24. The van der Waals surface area contributed by atoms with Crippen molar-refractivity contribution in [3.05, 3.63) is 113 Å².